The summed E-state index contributed by atoms with van der Waals surface area (Å²) < 4.78 is 12.9. The quantitative estimate of drug-likeness (QED) is 0.785. The Morgan fingerprint density at radius 1 is 1.16 bits per heavy atom. The van der Waals surface area contributed by atoms with Crippen molar-refractivity contribution in [2.75, 3.05) is 13.1 Å². The molecule has 0 aliphatic carbocycles. The molecule has 0 bridgehead atoms. The SMILES string of the molecule is CC.CC.CC1CCN(Cc2cncc(F)c2)CC1. The maximum atomic E-state index is 12.9. The molecule has 110 valence electrons. The second kappa shape index (κ2) is 10.9. The maximum absolute atomic E-state index is 12.9. The van der Waals surface area contributed by atoms with Crippen LogP contribution in [0.25, 0.3) is 0 Å². The van der Waals surface area contributed by atoms with E-state index in [9.17, 15) is 4.39 Å². The Morgan fingerprint density at radius 3 is 2.26 bits per heavy atom. The smallest absolute Gasteiger partial charge is 0.141 e. The Hall–Kier alpha value is -0.960. The van der Waals surface area contributed by atoms with Crippen LogP contribution in [0.4, 0.5) is 4.39 Å². The summed E-state index contributed by atoms with van der Waals surface area (Å²) in [6.07, 6.45) is 5.51. The Balaban J connectivity index is 0.000000741. The van der Waals surface area contributed by atoms with Crippen molar-refractivity contribution in [1.82, 2.24) is 9.88 Å². The zero-order valence-electron chi connectivity index (χ0n) is 13.1. The molecule has 3 heteroatoms. The van der Waals surface area contributed by atoms with E-state index < -0.39 is 0 Å². The highest BCUT2D eigenvalue weighted by Gasteiger charge is 2.15. The van der Waals surface area contributed by atoms with Gasteiger partial charge in [-0.05, 0) is 43.5 Å². The van der Waals surface area contributed by atoms with Crippen molar-refractivity contribution < 1.29 is 4.39 Å². The minimum Gasteiger partial charge on any atom is -0.299 e. The van der Waals surface area contributed by atoms with Gasteiger partial charge in [0.2, 0.25) is 0 Å². The zero-order valence-corrected chi connectivity index (χ0v) is 13.1. The highest BCUT2D eigenvalue weighted by Crippen LogP contribution is 2.17. The molecule has 1 saturated heterocycles. The number of pyridine rings is 1. The molecule has 1 aromatic heterocycles. The number of halogens is 1. The standard InChI is InChI=1S/C12H17FN2.2C2H6/c1-10-2-4-15(5-3-10)9-11-6-12(13)8-14-7-11;2*1-2/h6-8,10H,2-5,9H2,1H3;2*1-2H3. The largest absolute Gasteiger partial charge is 0.299 e. The van der Waals surface area contributed by atoms with Crippen molar-refractivity contribution in [3.63, 3.8) is 0 Å². The average Bonchev–Trinajstić information content (AvgIpc) is 2.46. The first kappa shape index (κ1) is 18.0. The Kier molecular flexibility index (Phi) is 10.4. The first-order chi connectivity index (χ1) is 9.24. The fourth-order valence-electron chi connectivity index (χ4n) is 2.02. The molecule has 1 aromatic rings. The minimum atomic E-state index is -0.238. The summed E-state index contributed by atoms with van der Waals surface area (Å²) in [7, 11) is 0. The topological polar surface area (TPSA) is 16.1 Å². The molecule has 0 aromatic carbocycles. The summed E-state index contributed by atoms with van der Waals surface area (Å²) in [5, 5.41) is 0. The van der Waals surface area contributed by atoms with Crippen LogP contribution in [-0.2, 0) is 6.54 Å². The van der Waals surface area contributed by atoms with Gasteiger partial charge in [0.05, 0.1) is 6.20 Å². The molecular formula is C16H29FN2. The molecule has 1 aliphatic heterocycles. The van der Waals surface area contributed by atoms with Crippen molar-refractivity contribution in [3.05, 3.63) is 29.8 Å². The third-order valence-corrected chi connectivity index (χ3v) is 3.04. The molecule has 2 heterocycles. The fraction of sp³-hybridized carbons (Fsp3) is 0.688. The van der Waals surface area contributed by atoms with Gasteiger partial charge in [-0.3, -0.25) is 9.88 Å². The Labute approximate surface area is 118 Å². The normalized spacial score (nSPS) is 15.9. The predicted octanol–water partition coefficient (Wildman–Crippen LogP) is 4.51. The molecule has 0 amide bonds. The third kappa shape index (κ3) is 7.26. The van der Waals surface area contributed by atoms with Crippen molar-refractivity contribution in [3.8, 4) is 0 Å². The van der Waals surface area contributed by atoms with Gasteiger partial charge in [-0.15, -0.1) is 0 Å². The van der Waals surface area contributed by atoms with Crippen LogP contribution in [0.2, 0.25) is 0 Å². The predicted molar refractivity (Wildman–Crippen MR) is 80.6 cm³/mol. The molecule has 0 unspecified atom stereocenters. The summed E-state index contributed by atoms with van der Waals surface area (Å²) in [6, 6.07) is 1.57. The molecule has 1 aliphatic rings. The highest BCUT2D eigenvalue weighted by atomic mass is 19.1. The van der Waals surface area contributed by atoms with Gasteiger partial charge in [0, 0.05) is 12.7 Å². The number of hydrogen-bond acceptors (Lipinski definition) is 2. The molecule has 1 fully saturated rings. The summed E-state index contributed by atoms with van der Waals surface area (Å²) in [4.78, 5) is 6.23. The van der Waals surface area contributed by atoms with Crippen LogP contribution < -0.4 is 0 Å². The van der Waals surface area contributed by atoms with Crippen LogP contribution in [-0.4, -0.2) is 23.0 Å². The van der Waals surface area contributed by atoms with E-state index >= 15 is 0 Å². The molecule has 0 N–H and O–H groups in total. The average molecular weight is 268 g/mol. The lowest BCUT2D eigenvalue weighted by atomic mass is 9.99. The molecule has 2 rings (SSSR count). The van der Waals surface area contributed by atoms with Crippen LogP contribution in [0.15, 0.2) is 18.5 Å². The maximum Gasteiger partial charge on any atom is 0.141 e. The van der Waals surface area contributed by atoms with E-state index in [-0.39, 0.29) is 5.82 Å². The van der Waals surface area contributed by atoms with Gasteiger partial charge in [-0.2, -0.15) is 0 Å². The zero-order chi connectivity index (χ0) is 14.7. The van der Waals surface area contributed by atoms with Crippen molar-refractivity contribution >= 4 is 0 Å². The molecular weight excluding hydrogens is 239 g/mol. The van der Waals surface area contributed by atoms with Crippen molar-refractivity contribution in [2.45, 2.75) is 54.0 Å². The van der Waals surface area contributed by atoms with E-state index in [1.54, 1.807) is 12.3 Å². The minimum absolute atomic E-state index is 0.238. The molecule has 0 atom stereocenters. The van der Waals surface area contributed by atoms with E-state index in [2.05, 4.69) is 16.8 Å². The number of hydrogen-bond donors (Lipinski definition) is 0. The molecule has 2 nitrogen and oxygen atoms in total. The van der Waals surface area contributed by atoms with Gasteiger partial charge in [-0.25, -0.2) is 4.39 Å². The molecule has 19 heavy (non-hydrogen) atoms. The first-order valence-electron chi connectivity index (χ1n) is 7.56. The van der Waals surface area contributed by atoms with E-state index in [0.717, 1.165) is 31.1 Å². The summed E-state index contributed by atoms with van der Waals surface area (Å²) in [6.45, 7) is 13.4. The molecule has 0 spiro atoms. The summed E-state index contributed by atoms with van der Waals surface area (Å²) in [5.41, 5.74) is 0.976. The van der Waals surface area contributed by atoms with Gasteiger partial charge >= 0.3 is 0 Å². The van der Waals surface area contributed by atoms with Crippen LogP contribution in [0.3, 0.4) is 0 Å². The Bertz CT molecular complexity index is 320. The number of aromatic nitrogens is 1. The van der Waals surface area contributed by atoms with Crippen LogP contribution in [0, 0.1) is 11.7 Å². The summed E-state index contributed by atoms with van der Waals surface area (Å²) >= 11 is 0. The number of piperidine rings is 1. The van der Waals surface area contributed by atoms with Gasteiger partial charge in [0.25, 0.3) is 0 Å². The van der Waals surface area contributed by atoms with Crippen LogP contribution in [0.1, 0.15) is 53.0 Å². The van der Waals surface area contributed by atoms with Gasteiger partial charge in [-0.1, -0.05) is 34.6 Å². The van der Waals surface area contributed by atoms with Crippen LogP contribution >= 0.6 is 0 Å². The molecule has 0 radical (unpaired) electrons. The second-order valence-corrected chi connectivity index (χ2v) is 4.47. The molecule has 0 saturated carbocycles. The fourth-order valence-corrected chi connectivity index (χ4v) is 2.02. The monoisotopic (exact) mass is 268 g/mol. The summed E-state index contributed by atoms with van der Waals surface area (Å²) in [5.74, 6) is 0.602. The lowest BCUT2D eigenvalue weighted by Crippen LogP contribution is -2.32. The van der Waals surface area contributed by atoms with Crippen molar-refractivity contribution in [1.29, 1.82) is 0 Å². The van der Waals surface area contributed by atoms with Crippen molar-refractivity contribution in [2.24, 2.45) is 5.92 Å². The number of nitrogens with zero attached hydrogens (tertiary/aromatic N) is 2. The highest BCUT2D eigenvalue weighted by molar-refractivity contribution is 5.10. The Morgan fingerprint density at radius 2 is 1.74 bits per heavy atom. The van der Waals surface area contributed by atoms with Gasteiger partial charge in [0.1, 0.15) is 5.82 Å². The lowest BCUT2D eigenvalue weighted by Gasteiger charge is -2.30. The first-order valence-corrected chi connectivity index (χ1v) is 7.56. The van der Waals surface area contributed by atoms with E-state index in [0.29, 0.717) is 0 Å². The van der Waals surface area contributed by atoms with E-state index in [4.69, 9.17) is 0 Å². The van der Waals surface area contributed by atoms with Gasteiger partial charge in [0.15, 0.2) is 0 Å². The van der Waals surface area contributed by atoms with E-state index in [1.165, 1.54) is 19.0 Å². The van der Waals surface area contributed by atoms with E-state index in [1.807, 2.05) is 27.7 Å². The van der Waals surface area contributed by atoms with Gasteiger partial charge < -0.3 is 0 Å². The third-order valence-electron chi connectivity index (χ3n) is 3.04. The second-order valence-electron chi connectivity index (χ2n) is 4.47. The lowest BCUT2D eigenvalue weighted by molar-refractivity contribution is 0.185. The number of likely N-dealkylation sites (tertiary alicyclic amines) is 1. The van der Waals surface area contributed by atoms with Crippen LogP contribution in [0.5, 0.6) is 0 Å². The number of rotatable bonds is 2.